The summed E-state index contributed by atoms with van der Waals surface area (Å²) in [6.07, 6.45) is 1.16. The maximum atomic E-state index is 14.8. The van der Waals surface area contributed by atoms with E-state index in [-0.39, 0.29) is 58.0 Å². The zero-order chi connectivity index (χ0) is 32.0. The molecule has 5 rings (SSSR count). The Kier molecular flexibility index (Phi) is 14.1. The van der Waals surface area contributed by atoms with E-state index >= 15 is 0 Å². The molecule has 1 aliphatic rings. The second-order valence-electron chi connectivity index (χ2n) is 9.67. The quantitative estimate of drug-likeness (QED) is 0.234. The molecule has 43 heavy (non-hydrogen) atoms. The molecule has 1 fully saturated rings. The van der Waals surface area contributed by atoms with Gasteiger partial charge in [0.15, 0.2) is 0 Å². The standard InChI is InChI=1S/C22H13ClF3N5O.C6H12O.2C2H6/c23-14-5-4-12(16(24)8-14)11-32-22-3-1-2-19(28-22)15-9-17(25)13(6-18(15)26)7-20-29-21(10-27)31-30-20;1-6(2)3-4-7-5-6;2*1-2/h1-6,8-9H,7,11H2,(H,29,30,31);3-5H2,1-2H3;2*1-2H3. The SMILES string of the molecule is CC.CC.CC1(C)CCOC1.N#Cc1n[nH]c(Cc2cc(F)c(-c3cccc(OCc4ccc(Cl)cc4F)n3)cc2F)n1. The minimum Gasteiger partial charge on any atom is -0.473 e. The highest BCUT2D eigenvalue weighted by molar-refractivity contribution is 6.30. The molecule has 0 unspecified atom stereocenters. The Hall–Kier alpha value is -3.94. The van der Waals surface area contributed by atoms with Crippen molar-refractivity contribution in [3.05, 3.63) is 93.8 Å². The molecule has 7 nitrogen and oxygen atoms in total. The van der Waals surface area contributed by atoms with Crippen molar-refractivity contribution in [1.29, 1.82) is 5.26 Å². The van der Waals surface area contributed by atoms with E-state index in [2.05, 4.69) is 34.0 Å². The number of pyridine rings is 1. The molecule has 0 saturated carbocycles. The van der Waals surface area contributed by atoms with Crippen molar-refractivity contribution in [3.63, 3.8) is 0 Å². The second-order valence-corrected chi connectivity index (χ2v) is 10.1. The average Bonchev–Trinajstić information content (AvgIpc) is 3.64. The molecule has 0 atom stereocenters. The van der Waals surface area contributed by atoms with Crippen LogP contribution in [0.5, 0.6) is 5.88 Å². The first-order valence-electron chi connectivity index (χ1n) is 14.0. The lowest BCUT2D eigenvalue weighted by Gasteiger charge is -2.11. The minimum absolute atomic E-state index is 0.0394. The normalized spacial score (nSPS) is 12.9. The monoisotopic (exact) mass is 615 g/mol. The fourth-order valence-corrected chi connectivity index (χ4v) is 3.89. The Morgan fingerprint density at radius 3 is 2.28 bits per heavy atom. The summed E-state index contributed by atoms with van der Waals surface area (Å²) in [5.41, 5.74) is 0.866. The summed E-state index contributed by atoms with van der Waals surface area (Å²) in [5, 5.41) is 15.2. The van der Waals surface area contributed by atoms with Gasteiger partial charge in [-0.05, 0) is 47.7 Å². The van der Waals surface area contributed by atoms with Gasteiger partial charge in [-0.3, -0.25) is 5.10 Å². The summed E-state index contributed by atoms with van der Waals surface area (Å²) < 4.78 is 54.0. The lowest BCUT2D eigenvalue weighted by Crippen LogP contribution is -2.08. The number of nitrogens with one attached hydrogen (secondary N) is 1. The van der Waals surface area contributed by atoms with Crippen molar-refractivity contribution >= 4 is 11.6 Å². The molecule has 3 heterocycles. The van der Waals surface area contributed by atoms with Crippen LogP contribution in [0.25, 0.3) is 11.3 Å². The largest absolute Gasteiger partial charge is 0.473 e. The van der Waals surface area contributed by atoms with E-state index in [9.17, 15) is 13.2 Å². The highest BCUT2D eigenvalue weighted by Crippen LogP contribution is 2.27. The Balaban J connectivity index is 0.000000502. The van der Waals surface area contributed by atoms with Gasteiger partial charge in [0.05, 0.1) is 12.3 Å². The van der Waals surface area contributed by atoms with Crippen LogP contribution in [-0.4, -0.2) is 33.4 Å². The van der Waals surface area contributed by atoms with Gasteiger partial charge >= 0.3 is 0 Å². The molecule has 0 aliphatic carbocycles. The van der Waals surface area contributed by atoms with Crippen LogP contribution in [0, 0.1) is 34.2 Å². The van der Waals surface area contributed by atoms with Crippen LogP contribution < -0.4 is 4.74 Å². The average molecular weight is 616 g/mol. The van der Waals surface area contributed by atoms with E-state index < -0.39 is 17.5 Å². The van der Waals surface area contributed by atoms with Crippen LogP contribution >= 0.6 is 11.6 Å². The third-order valence-electron chi connectivity index (χ3n) is 5.93. The molecule has 1 N–H and O–H groups in total. The lowest BCUT2D eigenvalue weighted by atomic mass is 9.94. The molecule has 0 spiro atoms. The Morgan fingerprint density at radius 1 is 0.977 bits per heavy atom. The number of hydrogen-bond acceptors (Lipinski definition) is 6. The maximum absolute atomic E-state index is 14.8. The summed E-state index contributed by atoms with van der Waals surface area (Å²) in [6.45, 7) is 14.3. The number of nitrogens with zero attached hydrogens (tertiary/aromatic N) is 4. The van der Waals surface area contributed by atoms with Crippen molar-refractivity contribution in [2.45, 2.75) is 61.0 Å². The number of benzene rings is 2. The molecular formula is C32H37ClF3N5O2. The van der Waals surface area contributed by atoms with Crippen LogP contribution in [-0.2, 0) is 17.8 Å². The van der Waals surface area contributed by atoms with E-state index in [1.54, 1.807) is 12.1 Å². The fourth-order valence-electron chi connectivity index (χ4n) is 3.73. The van der Waals surface area contributed by atoms with Gasteiger partial charge in [0.25, 0.3) is 5.82 Å². The zero-order valence-corrected chi connectivity index (χ0v) is 26.0. The number of H-pyrrole nitrogens is 1. The lowest BCUT2D eigenvalue weighted by molar-refractivity contribution is 0.167. The maximum Gasteiger partial charge on any atom is 0.252 e. The topological polar surface area (TPSA) is 96.7 Å². The summed E-state index contributed by atoms with van der Waals surface area (Å²) in [5.74, 6) is -1.63. The summed E-state index contributed by atoms with van der Waals surface area (Å²) in [7, 11) is 0. The first-order chi connectivity index (χ1) is 20.6. The van der Waals surface area contributed by atoms with Gasteiger partial charge in [-0.15, -0.1) is 5.10 Å². The van der Waals surface area contributed by atoms with Crippen molar-refractivity contribution in [2.24, 2.45) is 5.41 Å². The first-order valence-corrected chi connectivity index (χ1v) is 14.4. The third kappa shape index (κ3) is 10.7. The summed E-state index contributed by atoms with van der Waals surface area (Å²) >= 11 is 5.73. The van der Waals surface area contributed by atoms with Crippen molar-refractivity contribution in [3.8, 4) is 23.2 Å². The van der Waals surface area contributed by atoms with Crippen molar-refractivity contribution in [1.82, 2.24) is 20.2 Å². The Morgan fingerprint density at radius 2 is 1.70 bits per heavy atom. The Bertz CT molecular complexity index is 1500. The molecule has 0 bridgehead atoms. The van der Waals surface area contributed by atoms with Gasteiger partial charge in [-0.2, -0.15) is 5.26 Å². The van der Waals surface area contributed by atoms with E-state index in [1.807, 2.05) is 27.7 Å². The van der Waals surface area contributed by atoms with Gasteiger partial charge < -0.3 is 9.47 Å². The van der Waals surface area contributed by atoms with Gasteiger partial charge in [0, 0.05) is 35.2 Å². The van der Waals surface area contributed by atoms with Crippen LogP contribution in [0.4, 0.5) is 13.2 Å². The number of halogens is 4. The molecule has 2 aromatic carbocycles. The highest BCUT2D eigenvalue weighted by atomic mass is 35.5. The van der Waals surface area contributed by atoms with Crippen molar-refractivity contribution < 1.29 is 22.6 Å². The van der Waals surface area contributed by atoms with Gasteiger partial charge in [0.2, 0.25) is 5.88 Å². The predicted molar refractivity (Wildman–Crippen MR) is 161 cm³/mol. The molecule has 1 saturated heterocycles. The number of ether oxygens (including phenoxy) is 2. The van der Waals surface area contributed by atoms with E-state index in [1.165, 1.54) is 36.8 Å². The molecule has 11 heteroatoms. The molecule has 1 aliphatic heterocycles. The number of rotatable bonds is 6. The highest BCUT2D eigenvalue weighted by Gasteiger charge is 2.23. The first kappa shape index (κ1) is 35.3. The van der Waals surface area contributed by atoms with Crippen LogP contribution in [0.3, 0.4) is 0 Å². The second kappa shape index (κ2) is 17.2. The molecule has 2 aromatic heterocycles. The molecule has 4 aromatic rings. The molecule has 0 radical (unpaired) electrons. The van der Waals surface area contributed by atoms with E-state index in [0.717, 1.165) is 25.3 Å². The fraction of sp³-hybridized carbons (Fsp3) is 0.375. The van der Waals surface area contributed by atoms with Crippen LogP contribution in [0.2, 0.25) is 5.02 Å². The molecular weight excluding hydrogens is 579 g/mol. The predicted octanol–water partition coefficient (Wildman–Crippen LogP) is 8.46. The number of hydrogen-bond donors (Lipinski definition) is 1. The third-order valence-corrected chi connectivity index (χ3v) is 6.17. The van der Waals surface area contributed by atoms with Gasteiger partial charge in [0.1, 0.15) is 36.0 Å². The van der Waals surface area contributed by atoms with Gasteiger partial charge in [-0.1, -0.05) is 65.3 Å². The number of nitriles is 1. The minimum atomic E-state index is -0.699. The summed E-state index contributed by atoms with van der Waals surface area (Å²) in [6, 6.07) is 12.6. The van der Waals surface area contributed by atoms with E-state index in [4.69, 9.17) is 26.3 Å². The number of aromatic nitrogens is 4. The van der Waals surface area contributed by atoms with Crippen LogP contribution in [0.1, 0.15) is 70.7 Å². The number of aromatic amines is 1. The Labute approximate surface area is 256 Å². The smallest absolute Gasteiger partial charge is 0.252 e. The zero-order valence-electron chi connectivity index (χ0n) is 25.3. The van der Waals surface area contributed by atoms with Gasteiger partial charge in [-0.25, -0.2) is 23.1 Å². The molecule has 230 valence electrons. The van der Waals surface area contributed by atoms with Crippen LogP contribution in [0.15, 0.2) is 48.5 Å². The molecule has 0 amide bonds. The van der Waals surface area contributed by atoms with Crippen molar-refractivity contribution in [2.75, 3.05) is 13.2 Å². The van der Waals surface area contributed by atoms with E-state index in [0.29, 0.717) is 5.41 Å². The summed E-state index contributed by atoms with van der Waals surface area (Å²) in [4.78, 5) is 8.06.